The molecule has 0 unspecified atom stereocenters. The molecular weight excluding hydrogens is 325 g/mol. The minimum absolute atomic E-state index is 0.109. The molecule has 0 radical (unpaired) electrons. The predicted octanol–water partition coefficient (Wildman–Crippen LogP) is 3.19. The van der Waals surface area contributed by atoms with Crippen molar-refractivity contribution in [2.24, 2.45) is 0 Å². The van der Waals surface area contributed by atoms with Crippen LogP contribution in [0.3, 0.4) is 0 Å². The predicted molar refractivity (Wildman–Crippen MR) is 87.6 cm³/mol. The lowest BCUT2D eigenvalue weighted by Crippen LogP contribution is -2.10. The van der Waals surface area contributed by atoms with E-state index in [9.17, 15) is 14.0 Å². The van der Waals surface area contributed by atoms with Gasteiger partial charge in [-0.1, -0.05) is 6.07 Å². The van der Waals surface area contributed by atoms with Crippen LogP contribution in [0, 0.1) is 17.1 Å². The number of hydrogen-bond donors (Lipinski definition) is 0. The van der Waals surface area contributed by atoms with Gasteiger partial charge < -0.3 is 9.47 Å². The summed E-state index contributed by atoms with van der Waals surface area (Å²) in [7, 11) is 1.46. The maximum absolute atomic E-state index is 13.8. The summed E-state index contributed by atoms with van der Waals surface area (Å²) in [6.07, 6.45) is -0.109. The summed E-state index contributed by atoms with van der Waals surface area (Å²) in [5, 5.41) is 8.71. The molecule has 0 fully saturated rings. The number of nitriles is 1. The number of methoxy groups -OCH3 is 1. The van der Waals surface area contributed by atoms with Gasteiger partial charge in [-0.15, -0.1) is 0 Å². The molecule has 2 rings (SSSR count). The number of hydrogen-bond acceptors (Lipinski definition) is 5. The first-order chi connectivity index (χ1) is 11.9. The second kappa shape index (κ2) is 8.06. The topological polar surface area (TPSA) is 76.4 Å². The smallest absolute Gasteiger partial charge is 0.310 e. The summed E-state index contributed by atoms with van der Waals surface area (Å²) in [6.45, 7) is 1.18. The van der Waals surface area contributed by atoms with Gasteiger partial charge in [0.15, 0.2) is 5.78 Å². The Morgan fingerprint density at radius 3 is 2.52 bits per heavy atom. The Morgan fingerprint density at radius 2 is 1.92 bits per heavy atom. The van der Waals surface area contributed by atoms with E-state index in [-0.39, 0.29) is 29.9 Å². The molecule has 0 aliphatic rings. The SMILES string of the molecule is COc1ccc(C(C)=O)cc1CC(=O)OCc1ccc(C#N)cc1F. The number of ether oxygens (including phenoxy) is 2. The van der Waals surface area contributed by atoms with E-state index in [4.69, 9.17) is 14.7 Å². The maximum Gasteiger partial charge on any atom is 0.310 e. The second-order valence-corrected chi connectivity index (χ2v) is 5.34. The molecule has 0 atom stereocenters. The standard InChI is InChI=1S/C19H16FNO4/c1-12(22)14-5-6-18(24-2)16(8-14)9-19(23)25-11-15-4-3-13(10-21)7-17(15)20/h3-8H,9,11H2,1-2H3. The number of esters is 1. The van der Waals surface area contributed by atoms with Gasteiger partial charge in [0.1, 0.15) is 18.2 Å². The first-order valence-electron chi connectivity index (χ1n) is 7.46. The van der Waals surface area contributed by atoms with Crippen molar-refractivity contribution < 1.29 is 23.5 Å². The van der Waals surface area contributed by atoms with Crippen LogP contribution >= 0.6 is 0 Å². The van der Waals surface area contributed by atoms with Crippen LogP contribution in [0.15, 0.2) is 36.4 Å². The third kappa shape index (κ3) is 4.64. The summed E-state index contributed by atoms with van der Waals surface area (Å²) < 4.78 is 24.0. The highest BCUT2D eigenvalue weighted by Gasteiger charge is 2.13. The van der Waals surface area contributed by atoms with Crippen LogP contribution in [-0.2, 0) is 22.6 Å². The van der Waals surface area contributed by atoms with Crippen molar-refractivity contribution in [3.8, 4) is 11.8 Å². The average Bonchev–Trinajstić information content (AvgIpc) is 2.60. The highest BCUT2D eigenvalue weighted by molar-refractivity contribution is 5.94. The number of ketones is 1. The molecule has 25 heavy (non-hydrogen) atoms. The molecule has 0 spiro atoms. The quantitative estimate of drug-likeness (QED) is 0.596. The molecule has 2 aromatic rings. The normalized spacial score (nSPS) is 10.0. The molecule has 0 N–H and O–H groups in total. The zero-order valence-electron chi connectivity index (χ0n) is 13.8. The average molecular weight is 341 g/mol. The summed E-state index contributed by atoms with van der Waals surface area (Å²) >= 11 is 0. The van der Waals surface area contributed by atoms with Crippen LogP contribution in [0.2, 0.25) is 0 Å². The van der Waals surface area contributed by atoms with E-state index in [1.165, 1.54) is 26.2 Å². The van der Waals surface area contributed by atoms with Gasteiger partial charge in [0.2, 0.25) is 0 Å². The number of benzene rings is 2. The van der Waals surface area contributed by atoms with E-state index in [1.54, 1.807) is 18.2 Å². The minimum atomic E-state index is -0.608. The van der Waals surface area contributed by atoms with E-state index >= 15 is 0 Å². The highest BCUT2D eigenvalue weighted by atomic mass is 19.1. The molecule has 0 heterocycles. The molecule has 128 valence electrons. The van der Waals surface area contributed by atoms with Crippen LogP contribution in [-0.4, -0.2) is 18.9 Å². The third-order valence-corrected chi connectivity index (χ3v) is 3.59. The van der Waals surface area contributed by atoms with Crippen molar-refractivity contribution in [2.75, 3.05) is 7.11 Å². The Kier molecular flexibility index (Phi) is 5.85. The Balaban J connectivity index is 2.06. The monoisotopic (exact) mass is 341 g/mol. The number of halogens is 1. The molecule has 6 heteroatoms. The molecule has 0 aromatic heterocycles. The molecule has 0 amide bonds. The van der Waals surface area contributed by atoms with Crippen LogP contribution in [0.25, 0.3) is 0 Å². The summed E-state index contributed by atoms with van der Waals surface area (Å²) in [5.41, 5.74) is 1.34. The van der Waals surface area contributed by atoms with E-state index in [1.807, 2.05) is 6.07 Å². The zero-order chi connectivity index (χ0) is 18.4. The first kappa shape index (κ1) is 18.1. The molecule has 0 saturated heterocycles. The number of Topliss-reactive ketones (excluding diaryl/α,β-unsaturated/α-hetero) is 1. The second-order valence-electron chi connectivity index (χ2n) is 5.34. The van der Waals surface area contributed by atoms with Crippen LogP contribution < -0.4 is 4.74 Å². The van der Waals surface area contributed by atoms with Crippen molar-refractivity contribution in [2.45, 2.75) is 20.0 Å². The fourth-order valence-corrected chi connectivity index (χ4v) is 2.23. The molecule has 0 aliphatic carbocycles. The van der Waals surface area contributed by atoms with Gasteiger partial charge in [0.25, 0.3) is 0 Å². The van der Waals surface area contributed by atoms with Gasteiger partial charge in [0, 0.05) is 16.7 Å². The van der Waals surface area contributed by atoms with Crippen LogP contribution in [0.4, 0.5) is 4.39 Å². The van der Waals surface area contributed by atoms with E-state index in [2.05, 4.69) is 0 Å². The Hall–Kier alpha value is -3.20. The lowest BCUT2D eigenvalue weighted by atomic mass is 10.0. The highest BCUT2D eigenvalue weighted by Crippen LogP contribution is 2.21. The van der Waals surface area contributed by atoms with Gasteiger partial charge in [-0.2, -0.15) is 5.26 Å². The fourth-order valence-electron chi connectivity index (χ4n) is 2.23. The van der Waals surface area contributed by atoms with E-state index in [0.29, 0.717) is 16.9 Å². The summed E-state index contributed by atoms with van der Waals surface area (Å²) in [5.74, 6) is -0.853. The molecule has 5 nitrogen and oxygen atoms in total. The largest absolute Gasteiger partial charge is 0.496 e. The lowest BCUT2D eigenvalue weighted by molar-refractivity contribution is -0.144. The number of nitrogens with zero attached hydrogens (tertiary/aromatic N) is 1. The van der Waals surface area contributed by atoms with Gasteiger partial charge in [-0.05, 0) is 37.3 Å². The maximum atomic E-state index is 13.8. The van der Waals surface area contributed by atoms with Crippen LogP contribution in [0.5, 0.6) is 5.75 Å². The molecule has 2 aromatic carbocycles. The van der Waals surface area contributed by atoms with Gasteiger partial charge in [-0.25, -0.2) is 4.39 Å². The number of carbonyl (C=O) groups is 2. The van der Waals surface area contributed by atoms with Crippen molar-refractivity contribution in [3.05, 3.63) is 64.5 Å². The molecule has 0 bridgehead atoms. The van der Waals surface area contributed by atoms with Crippen molar-refractivity contribution >= 4 is 11.8 Å². The lowest BCUT2D eigenvalue weighted by Gasteiger charge is -2.10. The van der Waals surface area contributed by atoms with Gasteiger partial charge in [-0.3, -0.25) is 9.59 Å². The van der Waals surface area contributed by atoms with Crippen molar-refractivity contribution in [1.82, 2.24) is 0 Å². The summed E-state index contributed by atoms with van der Waals surface area (Å²) in [4.78, 5) is 23.5. The van der Waals surface area contributed by atoms with Gasteiger partial charge in [0.05, 0.1) is 25.2 Å². The Bertz CT molecular complexity index is 855. The Labute approximate surface area is 144 Å². The third-order valence-electron chi connectivity index (χ3n) is 3.59. The molecule has 0 aliphatic heterocycles. The zero-order valence-corrected chi connectivity index (χ0v) is 13.8. The number of carbonyl (C=O) groups excluding carboxylic acids is 2. The van der Waals surface area contributed by atoms with Crippen molar-refractivity contribution in [1.29, 1.82) is 5.26 Å². The Morgan fingerprint density at radius 1 is 1.16 bits per heavy atom. The number of rotatable bonds is 6. The van der Waals surface area contributed by atoms with Gasteiger partial charge >= 0.3 is 5.97 Å². The van der Waals surface area contributed by atoms with E-state index < -0.39 is 11.8 Å². The van der Waals surface area contributed by atoms with Crippen molar-refractivity contribution in [3.63, 3.8) is 0 Å². The minimum Gasteiger partial charge on any atom is -0.496 e. The fraction of sp³-hybridized carbons (Fsp3) is 0.211. The van der Waals surface area contributed by atoms with E-state index in [0.717, 1.165) is 6.07 Å². The molecular formula is C19H16FNO4. The summed E-state index contributed by atoms with van der Waals surface area (Å²) in [6, 6.07) is 10.6. The van der Waals surface area contributed by atoms with Crippen LogP contribution in [0.1, 0.15) is 34.0 Å². The first-order valence-corrected chi connectivity index (χ1v) is 7.46. The molecule has 0 saturated carbocycles.